The third-order valence-corrected chi connectivity index (χ3v) is 3.98. The van der Waals surface area contributed by atoms with Gasteiger partial charge in [0.25, 0.3) is 0 Å². The SMILES string of the molecule is CN=C(Nc1ccccc1)N(C)c1ncccc1Cc1ccccc1. The quantitative estimate of drug-likeness (QED) is 0.575. The molecule has 3 aromatic rings. The molecule has 0 atom stereocenters. The lowest BCUT2D eigenvalue weighted by Crippen LogP contribution is -2.34. The standard InChI is InChI=1S/C21H22N4/c1-22-21(24-19-13-7-4-8-14-19)25(2)20-18(12-9-15-23-20)16-17-10-5-3-6-11-17/h3-15H,16H2,1-2H3,(H,22,24). The minimum atomic E-state index is 0.749. The van der Waals surface area contributed by atoms with Gasteiger partial charge in [-0.1, -0.05) is 54.6 Å². The molecule has 0 radical (unpaired) electrons. The lowest BCUT2D eigenvalue weighted by atomic mass is 10.1. The number of nitrogens with zero attached hydrogens (tertiary/aromatic N) is 3. The summed E-state index contributed by atoms with van der Waals surface area (Å²) in [6.45, 7) is 0. The van der Waals surface area contributed by atoms with Crippen molar-refractivity contribution in [2.24, 2.45) is 4.99 Å². The number of para-hydroxylation sites is 1. The van der Waals surface area contributed by atoms with Crippen molar-refractivity contribution < 1.29 is 0 Å². The summed E-state index contributed by atoms with van der Waals surface area (Å²) in [7, 11) is 3.76. The number of hydrogen-bond donors (Lipinski definition) is 1. The van der Waals surface area contributed by atoms with Crippen LogP contribution in [0.5, 0.6) is 0 Å². The molecule has 0 spiro atoms. The van der Waals surface area contributed by atoms with Crippen molar-refractivity contribution in [2.75, 3.05) is 24.3 Å². The highest BCUT2D eigenvalue weighted by Gasteiger charge is 2.14. The van der Waals surface area contributed by atoms with E-state index in [1.165, 1.54) is 5.56 Å². The van der Waals surface area contributed by atoms with Crippen LogP contribution in [0.2, 0.25) is 0 Å². The van der Waals surface area contributed by atoms with Crippen molar-refractivity contribution in [3.63, 3.8) is 0 Å². The van der Waals surface area contributed by atoms with Crippen molar-refractivity contribution in [3.8, 4) is 0 Å². The third-order valence-electron chi connectivity index (χ3n) is 3.98. The molecule has 0 fully saturated rings. The van der Waals surface area contributed by atoms with Crippen LogP contribution in [0.15, 0.2) is 84.0 Å². The fourth-order valence-electron chi connectivity index (χ4n) is 2.73. The average Bonchev–Trinajstić information content (AvgIpc) is 2.68. The monoisotopic (exact) mass is 330 g/mol. The molecule has 0 amide bonds. The Kier molecular flexibility index (Phi) is 5.42. The molecule has 0 aliphatic carbocycles. The van der Waals surface area contributed by atoms with Gasteiger partial charge in [-0.05, 0) is 29.3 Å². The van der Waals surface area contributed by atoms with Crippen LogP contribution in [0.4, 0.5) is 11.5 Å². The Hall–Kier alpha value is -3.14. The first-order valence-corrected chi connectivity index (χ1v) is 8.28. The van der Waals surface area contributed by atoms with E-state index in [1.54, 1.807) is 7.05 Å². The van der Waals surface area contributed by atoms with Gasteiger partial charge in [0, 0.05) is 32.4 Å². The number of anilines is 2. The molecule has 1 heterocycles. The number of rotatable bonds is 4. The van der Waals surface area contributed by atoms with Crippen molar-refractivity contribution in [1.29, 1.82) is 0 Å². The first-order chi connectivity index (χ1) is 12.3. The van der Waals surface area contributed by atoms with Crippen LogP contribution in [0.25, 0.3) is 0 Å². The molecule has 0 aliphatic rings. The van der Waals surface area contributed by atoms with Gasteiger partial charge in [-0.25, -0.2) is 4.98 Å². The van der Waals surface area contributed by atoms with E-state index in [2.05, 4.69) is 45.6 Å². The largest absolute Gasteiger partial charge is 0.326 e. The zero-order valence-corrected chi connectivity index (χ0v) is 14.6. The fraction of sp³-hybridized carbons (Fsp3) is 0.143. The smallest absolute Gasteiger partial charge is 0.203 e. The molecule has 3 rings (SSSR count). The summed E-state index contributed by atoms with van der Waals surface area (Å²) in [5.74, 6) is 1.65. The van der Waals surface area contributed by atoms with E-state index in [0.29, 0.717) is 0 Å². The fourth-order valence-corrected chi connectivity index (χ4v) is 2.73. The molecule has 25 heavy (non-hydrogen) atoms. The minimum absolute atomic E-state index is 0.749. The first-order valence-electron chi connectivity index (χ1n) is 8.28. The van der Waals surface area contributed by atoms with Gasteiger partial charge in [-0.15, -0.1) is 0 Å². The van der Waals surface area contributed by atoms with E-state index in [0.717, 1.165) is 29.4 Å². The highest BCUT2D eigenvalue weighted by atomic mass is 15.3. The molecule has 1 aromatic heterocycles. The number of aromatic nitrogens is 1. The van der Waals surface area contributed by atoms with Crippen LogP contribution in [0, 0.1) is 0 Å². The second-order valence-corrected chi connectivity index (χ2v) is 5.75. The van der Waals surface area contributed by atoms with Crippen LogP contribution >= 0.6 is 0 Å². The highest BCUT2D eigenvalue weighted by molar-refractivity contribution is 6.04. The van der Waals surface area contributed by atoms with Gasteiger partial charge in [0.05, 0.1) is 0 Å². The molecule has 4 nitrogen and oxygen atoms in total. The second kappa shape index (κ2) is 8.11. The van der Waals surface area contributed by atoms with Crippen LogP contribution < -0.4 is 10.2 Å². The lowest BCUT2D eigenvalue weighted by molar-refractivity contribution is 1.07. The van der Waals surface area contributed by atoms with Gasteiger partial charge >= 0.3 is 0 Å². The molecule has 0 aliphatic heterocycles. The summed E-state index contributed by atoms with van der Waals surface area (Å²) in [5.41, 5.74) is 3.42. The molecular formula is C21H22N4. The molecule has 1 N–H and O–H groups in total. The molecule has 2 aromatic carbocycles. The van der Waals surface area contributed by atoms with Gasteiger partial charge in [-0.2, -0.15) is 0 Å². The second-order valence-electron chi connectivity index (χ2n) is 5.75. The topological polar surface area (TPSA) is 40.5 Å². The van der Waals surface area contributed by atoms with Crippen LogP contribution in [-0.4, -0.2) is 25.0 Å². The lowest BCUT2D eigenvalue weighted by Gasteiger charge is -2.23. The Morgan fingerprint density at radius 3 is 2.32 bits per heavy atom. The summed E-state index contributed by atoms with van der Waals surface area (Å²) in [4.78, 5) is 11.0. The van der Waals surface area contributed by atoms with Gasteiger partial charge in [0.2, 0.25) is 5.96 Å². The van der Waals surface area contributed by atoms with Crippen molar-refractivity contribution in [1.82, 2.24) is 4.98 Å². The van der Waals surface area contributed by atoms with E-state index >= 15 is 0 Å². The molecular weight excluding hydrogens is 308 g/mol. The van der Waals surface area contributed by atoms with Gasteiger partial charge in [0.1, 0.15) is 5.82 Å². The highest BCUT2D eigenvalue weighted by Crippen LogP contribution is 2.20. The van der Waals surface area contributed by atoms with Gasteiger partial charge < -0.3 is 5.32 Å². The minimum Gasteiger partial charge on any atom is -0.326 e. The average molecular weight is 330 g/mol. The molecule has 0 saturated heterocycles. The van der Waals surface area contributed by atoms with Crippen molar-refractivity contribution in [3.05, 3.63) is 90.1 Å². The number of pyridine rings is 1. The summed E-state index contributed by atoms with van der Waals surface area (Å²) < 4.78 is 0. The maximum absolute atomic E-state index is 4.59. The molecule has 0 bridgehead atoms. The predicted molar refractivity (Wildman–Crippen MR) is 105 cm³/mol. The summed E-state index contributed by atoms with van der Waals surface area (Å²) in [6, 6.07) is 24.5. The van der Waals surface area contributed by atoms with Gasteiger partial charge in [-0.3, -0.25) is 9.89 Å². The van der Waals surface area contributed by atoms with Gasteiger partial charge in [0.15, 0.2) is 0 Å². The predicted octanol–water partition coefficient (Wildman–Crippen LogP) is 4.21. The zero-order chi connectivity index (χ0) is 17.5. The number of aliphatic imine (C=N–C) groups is 1. The Morgan fingerprint density at radius 1 is 0.960 bits per heavy atom. The molecule has 126 valence electrons. The Morgan fingerprint density at radius 2 is 1.64 bits per heavy atom. The number of hydrogen-bond acceptors (Lipinski definition) is 2. The summed E-state index contributed by atoms with van der Waals surface area (Å²) in [6.07, 6.45) is 2.65. The summed E-state index contributed by atoms with van der Waals surface area (Å²) >= 11 is 0. The Labute approximate surface area is 148 Å². The molecule has 0 saturated carbocycles. The number of nitrogens with one attached hydrogen (secondary N) is 1. The number of benzene rings is 2. The van der Waals surface area contributed by atoms with Crippen molar-refractivity contribution >= 4 is 17.5 Å². The van der Waals surface area contributed by atoms with E-state index in [-0.39, 0.29) is 0 Å². The Bertz CT molecular complexity index is 829. The normalized spacial score (nSPS) is 11.2. The third kappa shape index (κ3) is 4.23. The zero-order valence-electron chi connectivity index (χ0n) is 14.6. The van der Waals surface area contributed by atoms with E-state index in [1.807, 2.05) is 60.6 Å². The van der Waals surface area contributed by atoms with Crippen LogP contribution in [0.3, 0.4) is 0 Å². The van der Waals surface area contributed by atoms with Crippen LogP contribution in [-0.2, 0) is 6.42 Å². The Balaban J connectivity index is 1.85. The molecule has 4 heteroatoms. The maximum atomic E-state index is 4.59. The maximum Gasteiger partial charge on any atom is 0.203 e. The molecule has 0 unspecified atom stereocenters. The van der Waals surface area contributed by atoms with Crippen molar-refractivity contribution in [2.45, 2.75) is 6.42 Å². The number of guanidine groups is 1. The van der Waals surface area contributed by atoms with Crippen LogP contribution in [0.1, 0.15) is 11.1 Å². The van der Waals surface area contributed by atoms with E-state index < -0.39 is 0 Å². The first kappa shape index (κ1) is 16.7. The van der Waals surface area contributed by atoms with E-state index in [9.17, 15) is 0 Å². The van der Waals surface area contributed by atoms with E-state index in [4.69, 9.17) is 0 Å². The summed E-state index contributed by atoms with van der Waals surface area (Å²) in [5, 5.41) is 3.35.